The molecule has 0 fully saturated rings. The standard InChI is InChI=1S/C14H17ClFN3/c1-9-6-11(19(3)18-9)8-14(17-2)10-4-5-13(16)12(15)7-10/h4-7,14,17H,8H2,1-3H3. The molecule has 19 heavy (non-hydrogen) atoms. The summed E-state index contributed by atoms with van der Waals surface area (Å²) in [5, 5.41) is 7.71. The second-order valence-electron chi connectivity index (χ2n) is 4.62. The Bertz CT molecular complexity index is 580. The van der Waals surface area contributed by atoms with Gasteiger partial charge >= 0.3 is 0 Å². The van der Waals surface area contributed by atoms with Gasteiger partial charge in [-0.1, -0.05) is 17.7 Å². The quantitative estimate of drug-likeness (QED) is 0.934. The number of likely N-dealkylation sites (N-methyl/N-ethyl adjacent to an activating group) is 1. The Labute approximate surface area is 117 Å². The molecule has 0 bridgehead atoms. The van der Waals surface area contributed by atoms with Crippen molar-refractivity contribution in [2.45, 2.75) is 19.4 Å². The highest BCUT2D eigenvalue weighted by molar-refractivity contribution is 6.30. The number of benzene rings is 1. The summed E-state index contributed by atoms with van der Waals surface area (Å²) in [4.78, 5) is 0. The lowest BCUT2D eigenvalue weighted by molar-refractivity contribution is 0.558. The zero-order valence-corrected chi connectivity index (χ0v) is 12.0. The molecular formula is C14H17ClFN3. The predicted octanol–water partition coefficient (Wildman–Crippen LogP) is 3.02. The van der Waals surface area contributed by atoms with E-state index in [0.717, 1.165) is 23.4 Å². The monoisotopic (exact) mass is 281 g/mol. The molecule has 1 unspecified atom stereocenters. The molecule has 102 valence electrons. The van der Waals surface area contributed by atoms with Crippen molar-refractivity contribution in [2.24, 2.45) is 7.05 Å². The first kappa shape index (κ1) is 14.0. The second-order valence-corrected chi connectivity index (χ2v) is 5.03. The Morgan fingerprint density at radius 3 is 2.68 bits per heavy atom. The van der Waals surface area contributed by atoms with E-state index >= 15 is 0 Å². The van der Waals surface area contributed by atoms with Crippen LogP contribution in [0.2, 0.25) is 5.02 Å². The number of rotatable bonds is 4. The van der Waals surface area contributed by atoms with Gasteiger partial charge in [0.15, 0.2) is 0 Å². The van der Waals surface area contributed by atoms with Crippen molar-refractivity contribution in [3.8, 4) is 0 Å². The Kier molecular flexibility index (Phi) is 4.22. The first-order chi connectivity index (χ1) is 9.01. The number of halogens is 2. The molecule has 5 heteroatoms. The van der Waals surface area contributed by atoms with Crippen LogP contribution in [0.4, 0.5) is 4.39 Å². The molecular weight excluding hydrogens is 265 g/mol. The topological polar surface area (TPSA) is 29.9 Å². The third kappa shape index (κ3) is 3.14. The van der Waals surface area contributed by atoms with Crippen LogP contribution in [0.25, 0.3) is 0 Å². The summed E-state index contributed by atoms with van der Waals surface area (Å²) in [5.74, 6) is -0.392. The lowest BCUT2D eigenvalue weighted by atomic mass is 10.0. The third-order valence-corrected chi connectivity index (χ3v) is 3.50. The lowest BCUT2D eigenvalue weighted by Crippen LogP contribution is -2.20. The van der Waals surface area contributed by atoms with Gasteiger partial charge in [-0.3, -0.25) is 4.68 Å². The molecule has 0 saturated carbocycles. The third-order valence-electron chi connectivity index (χ3n) is 3.21. The van der Waals surface area contributed by atoms with Crippen LogP contribution in [0.15, 0.2) is 24.3 Å². The van der Waals surface area contributed by atoms with Crippen molar-refractivity contribution in [1.82, 2.24) is 15.1 Å². The first-order valence-corrected chi connectivity index (χ1v) is 6.50. The van der Waals surface area contributed by atoms with Crippen LogP contribution < -0.4 is 5.32 Å². The highest BCUT2D eigenvalue weighted by atomic mass is 35.5. The van der Waals surface area contributed by atoms with Crippen LogP contribution in [-0.4, -0.2) is 16.8 Å². The van der Waals surface area contributed by atoms with E-state index in [1.807, 2.05) is 25.7 Å². The Hall–Kier alpha value is -1.39. The fourth-order valence-corrected chi connectivity index (χ4v) is 2.37. The maximum absolute atomic E-state index is 13.2. The van der Waals surface area contributed by atoms with Crippen LogP contribution in [0.3, 0.4) is 0 Å². The maximum Gasteiger partial charge on any atom is 0.141 e. The Morgan fingerprint density at radius 1 is 1.42 bits per heavy atom. The van der Waals surface area contributed by atoms with E-state index in [2.05, 4.69) is 16.5 Å². The summed E-state index contributed by atoms with van der Waals surface area (Å²) in [7, 11) is 3.80. The van der Waals surface area contributed by atoms with Gasteiger partial charge in [0.25, 0.3) is 0 Å². The molecule has 1 aromatic carbocycles. The molecule has 0 aliphatic heterocycles. The Morgan fingerprint density at radius 2 is 2.16 bits per heavy atom. The van der Waals surface area contributed by atoms with Gasteiger partial charge in [0.05, 0.1) is 10.7 Å². The molecule has 2 aromatic rings. The van der Waals surface area contributed by atoms with E-state index in [1.54, 1.807) is 12.1 Å². The van der Waals surface area contributed by atoms with Gasteiger partial charge in [0.2, 0.25) is 0 Å². The molecule has 0 radical (unpaired) electrons. The van der Waals surface area contributed by atoms with Gasteiger partial charge in [0, 0.05) is 25.2 Å². The van der Waals surface area contributed by atoms with Gasteiger partial charge in [-0.2, -0.15) is 5.10 Å². The smallest absolute Gasteiger partial charge is 0.141 e. The fraction of sp³-hybridized carbons (Fsp3) is 0.357. The lowest BCUT2D eigenvalue weighted by Gasteiger charge is -2.17. The molecule has 0 saturated heterocycles. The van der Waals surface area contributed by atoms with Gasteiger partial charge < -0.3 is 5.32 Å². The van der Waals surface area contributed by atoms with E-state index < -0.39 is 5.82 Å². The van der Waals surface area contributed by atoms with E-state index in [4.69, 9.17) is 11.6 Å². The molecule has 0 spiro atoms. The van der Waals surface area contributed by atoms with Crippen LogP contribution in [0, 0.1) is 12.7 Å². The predicted molar refractivity (Wildman–Crippen MR) is 74.9 cm³/mol. The highest BCUT2D eigenvalue weighted by Crippen LogP contribution is 2.23. The van der Waals surface area contributed by atoms with E-state index in [-0.39, 0.29) is 11.1 Å². The zero-order chi connectivity index (χ0) is 14.0. The minimum Gasteiger partial charge on any atom is -0.313 e. The van der Waals surface area contributed by atoms with Gasteiger partial charge in [-0.15, -0.1) is 0 Å². The number of hydrogen-bond donors (Lipinski definition) is 1. The van der Waals surface area contributed by atoms with E-state index in [1.165, 1.54) is 6.07 Å². The largest absolute Gasteiger partial charge is 0.313 e. The summed E-state index contributed by atoms with van der Waals surface area (Å²) in [6.45, 7) is 1.96. The van der Waals surface area contributed by atoms with Crippen molar-refractivity contribution >= 4 is 11.6 Å². The van der Waals surface area contributed by atoms with Crippen LogP contribution in [0.1, 0.15) is 23.0 Å². The summed E-state index contributed by atoms with van der Waals surface area (Å²) in [6, 6.07) is 6.95. The number of nitrogens with one attached hydrogen (secondary N) is 1. The summed E-state index contributed by atoms with van der Waals surface area (Å²) in [6.07, 6.45) is 0.774. The average Bonchev–Trinajstić information content (AvgIpc) is 2.68. The molecule has 0 aliphatic rings. The molecule has 1 aromatic heterocycles. The van der Waals surface area contributed by atoms with E-state index in [9.17, 15) is 4.39 Å². The summed E-state index contributed by atoms with van der Waals surface area (Å²) >= 11 is 5.83. The van der Waals surface area contributed by atoms with Crippen molar-refractivity contribution in [1.29, 1.82) is 0 Å². The number of nitrogens with zero attached hydrogens (tertiary/aromatic N) is 2. The molecule has 0 amide bonds. The van der Waals surface area contributed by atoms with Crippen molar-refractivity contribution < 1.29 is 4.39 Å². The molecule has 1 heterocycles. The first-order valence-electron chi connectivity index (χ1n) is 6.13. The van der Waals surface area contributed by atoms with Crippen molar-refractivity contribution in [3.05, 3.63) is 52.1 Å². The highest BCUT2D eigenvalue weighted by Gasteiger charge is 2.14. The van der Waals surface area contributed by atoms with Crippen LogP contribution in [-0.2, 0) is 13.5 Å². The maximum atomic E-state index is 13.2. The normalized spacial score (nSPS) is 12.7. The molecule has 0 aliphatic carbocycles. The minimum absolute atomic E-state index is 0.0768. The average molecular weight is 282 g/mol. The minimum atomic E-state index is -0.392. The van der Waals surface area contributed by atoms with Gasteiger partial charge in [0.1, 0.15) is 5.82 Å². The molecule has 1 N–H and O–H groups in total. The SMILES string of the molecule is CNC(Cc1cc(C)nn1C)c1ccc(F)c(Cl)c1. The van der Waals surface area contributed by atoms with Crippen molar-refractivity contribution in [2.75, 3.05) is 7.05 Å². The van der Waals surface area contributed by atoms with Crippen LogP contribution in [0.5, 0.6) is 0 Å². The molecule has 2 rings (SSSR count). The summed E-state index contributed by atoms with van der Waals surface area (Å²) in [5.41, 5.74) is 3.08. The van der Waals surface area contributed by atoms with Crippen molar-refractivity contribution in [3.63, 3.8) is 0 Å². The zero-order valence-electron chi connectivity index (χ0n) is 11.2. The molecule has 1 atom stereocenters. The van der Waals surface area contributed by atoms with Gasteiger partial charge in [-0.25, -0.2) is 4.39 Å². The van der Waals surface area contributed by atoms with Crippen LogP contribution >= 0.6 is 11.6 Å². The number of hydrogen-bond acceptors (Lipinski definition) is 2. The summed E-state index contributed by atoms with van der Waals surface area (Å²) < 4.78 is 15.1. The number of aryl methyl sites for hydroxylation is 2. The number of aromatic nitrogens is 2. The second kappa shape index (κ2) is 5.72. The fourth-order valence-electron chi connectivity index (χ4n) is 2.18. The molecule has 3 nitrogen and oxygen atoms in total. The van der Waals surface area contributed by atoms with Gasteiger partial charge in [-0.05, 0) is 37.7 Å². The van der Waals surface area contributed by atoms with E-state index in [0.29, 0.717) is 0 Å². The Balaban J connectivity index is 2.24.